The van der Waals surface area contributed by atoms with Crippen molar-refractivity contribution in [3.05, 3.63) is 72.9 Å². The molecule has 6 heteroatoms. The van der Waals surface area contributed by atoms with Gasteiger partial charge in [0.25, 0.3) is 0 Å². The van der Waals surface area contributed by atoms with E-state index in [2.05, 4.69) is 93.7 Å². The second-order valence-electron chi connectivity index (χ2n) is 19.5. The van der Waals surface area contributed by atoms with E-state index in [1.807, 2.05) is 0 Å². The molecule has 0 unspecified atom stereocenters. The summed E-state index contributed by atoms with van der Waals surface area (Å²) in [5, 5.41) is 0. The van der Waals surface area contributed by atoms with Gasteiger partial charge in [-0.3, -0.25) is 14.4 Å². The fraction of sp³-hybridized carbons (Fsp3) is 0.762. The Morgan fingerprint density at radius 3 is 0.913 bits per heavy atom. The van der Waals surface area contributed by atoms with E-state index < -0.39 is 6.10 Å². The number of carbonyl (C=O) groups excluding carboxylic acids is 3. The van der Waals surface area contributed by atoms with Crippen LogP contribution in [0.2, 0.25) is 0 Å². The van der Waals surface area contributed by atoms with Crippen LogP contribution < -0.4 is 0 Å². The van der Waals surface area contributed by atoms with Gasteiger partial charge in [0.1, 0.15) is 13.2 Å². The van der Waals surface area contributed by atoms with Crippen LogP contribution in [0.4, 0.5) is 0 Å². The van der Waals surface area contributed by atoms with E-state index in [1.54, 1.807) is 0 Å². The summed E-state index contributed by atoms with van der Waals surface area (Å²) in [4.78, 5) is 38.2. The molecule has 69 heavy (non-hydrogen) atoms. The Balaban J connectivity index is 4.42. The zero-order chi connectivity index (χ0) is 50.0. The maximum absolute atomic E-state index is 12.9. The maximum Gasteiger partial charge on any atom is 0.306 e. The van der Waals surface area contributed by atoms with Gasteiger partial charge in [-0.25, -0.2) is 0 Å². The first-order valence-electron chi connectivity index (χ1n) is 29.4. The van der Waals surface area contributed by atoms with Gasteiger partial charge in [-0.05, 0) is 89.9 Å². The van der Waals surface area contributed by atoms with Crippen LogP contribution in [0.25, 0.3) is 0 Å². The Hall–Kier alpha value is -3.15. The fourth-order valence-electron chi connectivity index (χ4n) is 8.29. The molecule has 0 aliphatic heterocycles. The molecule has 398 valence electrons. The van der Waals surface area contributed by atoms with Gasteiger partial charge in [0.2, 0.25) is 0 Å². The highest BCUT2D eigenvalue weighted by Gasteiger charge is 2.19. The number of unbranched alkanes of at least 4 members (excludes halogenated alkanes) is 30. The number of esters is 3. The minimum atomic E-state index is -0.791. The van der Waals surface area contributed by atoms with Gasteiger partial charge in [-0.15, -0.1) is 0 Å². The third kappa shape index (κ3) is 55.6. The van der Waals surface area contributed by atoms with E-state index in [1.165, 1.54) is 141 Å². The van der Waals surface area contributed by atoms with Crippen LogP contribution in [0.3, 0.4) is 0 Å². The number of hydrogen-bond donors (Lipinski definition) is 0. The third-order valence-corrected chi connectivity index (χ3v) is 12.7. The summed E-state index contributed by atoms with van der Waals surface area (Å²) in [7, 11) is 0. The molecular weight excluding hydrogens is 853 g/mol. The van der Waals surface area contributed by atoms with Crippen molar-refractivity contribution in [3.63, 3.8) is 0 Å². The topological polar surface area (TPSA) is 78.9 Å². The molecule has 0 aromatic heterocycles. The van der Waals surface area contributed by atoms with Crippen LogP contribution >= 0.6 is 0 Å². The van der Waals surface area contributed by atoms with Crippen LogP contribution in [-0.2, 0) is 28.6 Å². The predicted octanol–water partition coefficient (Wildman–Crippen LogP) is 19.8. The SMILES string of the molecule is CC/C=C\C/C=C\C/C=C\C/C=C\CCCCCCC(=O)O[C@H](COC(=O)CCCCCCCCC/C=C\C/C=C\CCCCC)COC(=O)CCCCCCCCCCCCCCCCCCC. The Labute approximate surface area is 427 Å². The summed E-state index contributed by atoms with van der Waals surface area (Å²) >= 11 is 0. The van der Waals surface area contributed by atoms with Crippen molar-refractivity contribution in [1.82, 2.24) is 0 Å². The van der Waals surface area contributed by atoms with Crippen molar-refractivity contribution in [1.29, 1.82) is 0 Å². The fourth-order valence-corrected chi connectivity index (χ4v) is 8.29. The Bertz CT molecular complexity index is 1290. The molecule has 0 saturated heterocycles. The molecule has 0 aromatic carbocycles. The first-order valence-corrected chi connectivity index (χ1v) is 29.4. The van der Waals surface area contributed by atoms with Gasteiger partial charge < -0.3 is 14.2 Å². The minimum absolute atomic E-state index is 0.0857. The molecule has 0 saturated carbocycles. The first kappa shape index (κ1) is 65.8. The van der Waals surface area contributed by atoms with Crippen LogP contribution in [0.5, 0.6) is 0 Å². The molecule has 0 heterocycles. The van der Waals surface area contributed by atoms with Gasteiger partial charge in [0.15, 0.2) is 6.10 Å². The van der Waals surface area contributed by atoms with Crippen molar-refractivity contribution in [3.8, 4) is 0 Å². The van der Waals surface area contributed by atoms with Crippen molar-refractivity contribution in [2.45, 2.75) is 297 Å². The van der Waals surface area contributed by atoms with Crippen LogP contribution in [0.1, 0.15) is 290 Å². The summed E-state index contributed by atoms with van der Waals surface area (Å²) < 4.78 is 16.9. The van der Waals surface area contributed by atoms with E-state index in [-0.39, 0.29) is 31.1 Å². The number of allylic oxidation sites excluding steroid dienone is 12. The van der Waals surface area contributed by atoms with Crippen LogP contribution in [0.15, 0.2) is 72.9 Å². The van der Waals surface area contributed by atoms with Crippen LogP contribution in [-0.4, -0.2) is 37.2 Å². The smallest absolute Gasteiger partial charge is 0.306 e. The Morgan fingerprint density at radius 2 is 0.565 bits per heavy atom. The lowest BCUT2D eigenvalue weighted by Gasteiger charge is -2.18. The molecule has 0 rings (SSSR count). The molecule has 0 bridgehead atoms. The average Bonchev–Trinajstić information content (AvgIpc) is 3.35. The molecule has 0 fully saturated rings. The lowest BCUT2D eigenvalue weighted by Crippen LogP contribution is -2.30. The molecule has 0 aliphatic rings. The van der Waals surface area contributed by atoms with E-state index in [4.69, 9.17) is 14.2 Å². The predicted molar refractivity (Wildman–Crippen MR) is 298 cm³/mol. The lowest BCUT2D eigenvalue weighted by atomic mass is 10.0. The highest BCUT2D eigenvalue weighted by atomic mass is 16.6. The Kier molecular flexibility index (Phi) is 54.8. The van der Waals surface area contributed by atoms with Crippen molar-refractivity contribution in [2.75, 3.05) is 13.2 Å². The standard InChI is InChI=1S/C63H110O6/c1-4-7-10-13-16-19-22-25-28-31-34-37-40-43-46-49-52-55-61(64)67-58-60(69-63(66)57-54-51-48-45-42-39-36-33-30-27-24-21-18-15-12-9-6-3)59-68-62(65)56-53-50-47-44-41-38-35-32-29-26-23-20-17-14-11-8-5-2/h9,12,16,18-19,21,25,27-28,30,36,39,60H,4-8,10-11,13-15,17,20,22-24,26,29,31-35,37-38,40-59H2,1-3H3/b12-9-,19-16-,21-18-,28-25-,30-27-,39-36-/t60-/m1/s1. The molecule has 0 aromatic rings. The van der Waals surface area contributed by atoms with E-state index in [0.29, 0.717) is 19.3 Å². The molecule has 1 atom stereocenters. The van der Waals surface area contributed by atoms with E-state index in [9.17, 15) is 14.4 Å². The summed E-state index contributed by atoms with van der Waals surface area (Å²) in [5.74, 6) is -0.906. The normalized spacial score (nSPS) is 12.6. The number of ether oxygens (including phenoxy) is 3. The van der Waals surface area contributed by atoms with Gasteiger partial charge >= 0.3 is 17.9 Å². The lowest BCUT2D eigenvalue weighted by molar-refractivity contribution is -0.167. The second kappa shape index (κ2) is 57.4. The van der Waals surface area contributed by atoms with Crippen molar-refractivity contribution >= 4 is 17.9 Å². The summed E-state index contributed by atoms with van der Waals surface area (Å²) in [6, 6.07) is 0. The van der Waals surface area contributed by atoms with Gasteiger partial charge in [-0.2, -0.15) is 0 Å². The largest absolute Gasteiger partial charge is 0.462 e. The highest BCUT2D eigenvalue weighted by Crippen LogP contribution is 2.16. The van der Waals surface area contributed by atoms with E-state index >= 15 is 0 Å². The molecule has 0 amide bonds. The molecule has 0 radical (unpaired) electrons. The van der Waals surface area contributed by atoms with Crippen molar-refractivity contribution < 1.29 is 28.6 Å². The quantitative estimate of drug-likeness (QED) is 0.0262. The molecular formula is C63H110O6. The van der Waals surface area contributed by atoms with Crippen LogP contribution in [0, 0.1) is 0 Å². The first-order chi connectivity index (χ1) is 34.0. The zero-order valence-electron chi connectivity index (χ0n) is 45.6. The molecule has 0 spiro atoms. The van der Waals surface area contributed by atoms with Gasteiger partial charge in [0.05, 0.1) is 0 Å². The van der Waals surface area contributed by atoms with Crippen molar-refractivity contribution in [2.24, 2.45) is 0 Å². The average molecular weight is 964 g/mol. The number of carbonyl (C=O) groups is 3. The van der Waals surface area contributed by atoms with E-state index in [0.717, 1.165) is 109 Å². The Morgan fingerprint density at radius 1 is 0.304 bits per heavy atom. The van der Waals surface area contributed by atoms with Gasteiger partial charge in [-0.1, -0.05) is 254 Å². The minimum Gasteiger partial charge on any atom is -0.462 e. The zero-order valence-corrected chi connectivity index (χ0v) is 45.6. The number of rotatable bonds is 53. The summed E-state index contributed by atoms with van der Waals surface area (Å²) in [5.41, 5.74) is 0. The summed E-state index contributed by atoms with van der Waals surface area (Å²) in [6.45, 7) is 6.50. The molecule has 0 aliphatic carbocycles. The molecule has 6 nitrogen and oxygen atoms in total. The number of hydrogen-bond acceptors (Lipinski definition) is 6. The highest BCUT2D eigenvalue weighted by molar-refractivity contribution is 5.71. The molecule has 0 N–H and O–H groups in total. The second-order valence-corrected chi connectivity index (χ2v) is 19.5. The maximum atomic E-state index is 12.9. The van der Waals surface area contributed by atoms with Gasteiger partial charge in [0, 0.05) is 19.3 Å². The monoisotopic (exact) mass is 963 g/mol. The third-order valence-electron chi connectivity index (χ3n) is 12.7. The summed E-state index contributed by atoms with van der Waals surface area (Å²) in [6.07, 6.45) is 73.2.